The number of aliphatic hydroxyl groups is 2. The van der Waals surface area contributed by atoms with Gasteiger partial charge >= 0.3 is 7.75 Å². The lowest BCUT2D eigenvalue weighted by Crippen LogP contribution is -2.20. The van der Waals surface area contributed by atoms with Crippen LogP contribution in [0, 0.1) is 5.92 Å². The van der Waals surface area contributed by atoms with Gasteiger partial charge in [-0.2, -0.15) is 4.76 Å². The Morgan fingerprint density at radius 1 is 1.21 bits per heavy atom. The van der Waals surface area contributed by atoms with Gasteiger partial charge in [0, 0.05) is 12.2 Å². The van der Waals surface area contributed by atoms with E-state index in [-0.39, 0.29) is 28.9 Å². The van der Waals surface area contributed by atoms with E-state index in [4.69, 9.17) is 9.79 Å². The van der Waals surface area contributed by atoms with Crippen LogP contribution in [-0.4, -0.2) is 30.8 Å². The summed E-state index contributed by atoms with van der Waals surface area (Å²) >= 11 is 0. The summed E-state index contributed by atoms with van der Waals surface area (Å²) in [6.07, 6.45) is 3.24. The van der Waals surface area contributed by atoms with Crippen LogP contribution in [0.4, 0.5) is 0 Å². The number of phenols is 1. The highest BCUT2D eigenvalue weighted by Crippen LogP contribution is 2.39. The lowest BCUT2D eigenvalue weighted by molar-refractivity contribution is 0.337. The van der Waals surface area contributed by atoms with Gasteiger partial charge in [0.25, 0.3) is 0 Å². The molecule has 1 aromatic rings. The third kappa shape index (κ3) is 4.96. The van der Waals surface area contributed by atoms with Crippen LogP contribution in [0.3, 0.4) is 0 Å². The van der Waals surface area contributed by atoms with E-state index < -0.39 is 13.7 Å². The van der Waals surface area contributed by atoms with Gasteiger partial charge in [0.2, 0.25) is 0 Å². The molecule has 0 fully saturated rings. The van der Waals surface area contributed by atoms with E-state index in [0.717, 1.165) is 17.7 Å². The number of allylic oxidation sites excluding steroid dienone is 3. The Morgan fingerprint density at radius 3 is 2.54 bits per heavy atom. The van der Waals surface area contributed by atoms with E-state index in [9.17, 15) is 19.9 Å². The van der Waals surface area contributed by atoms with Crippen molar-refractivity contribution in [3.8, 4) is 5.75 Å². The first kappa shape index (κ1) is 18.3. The smallest absolute Gasteiger partial charge is 0.448 e. The molecule has 0 saturated heterocycles. The average molecular weight is 353 g/mol. The number of nitrogens with zero attached hydrogens (tertiary/aromatic N) is 1. The molecule has 24 heavy (non-hydrogen) atoms. The number of hydrogen-bond donors (Lipinski definition) is 5. The minimum Gasteiger partial charge on any atom is -0.511 e. The maximum absolute atomic E-state index is 11.1. The van der Waals surface area contributed by atoms with Crippen LogP contribution in [-0.2, 0) is 4.57 Å². The summed E-state index contributed by atoms with van der Waals surface area (Å²) in [6, 6.07) is 6.83. The van der Waals surface area contributed by atoms with Gasteiger partial charge in [-0.05, 0) is 36.5 Å². The minimum atomic E-state index is -4.68. The van der Waals surface area contributed by atoms with Gasteiger partial charge in [0.05, 0.1) is 11.6 Å². The van der Waals surface area contributed by atoms with E-state index in [1.807, 2.05) is 13.0 Å². The molecule has 0 aliphatic heterocycles. The molecule has 1 aliphatic rings. The number of hydrogen-bond acceptors (Lipinski definition) is 4. The number of benzene rings is 1. The second kappa shape index (κ2) is 7.21. The molecule has 0 aromatic heterocycles. The van der Waals surface area contributed by atoms with E-state index in [1.165, 1.54) is 0 Å². The molecule has 0 heterocycles. The lowest BCUT2D eigenvalue weighted by atomic mass is 9.86. The fraction of sp³-hybridized carbons (Fsp3) is 0.312. The standard InChI is InChI=1S/C16H20NO6P/c1-10(11-3-2-4-12(18)7-11)5-6-14-15(17-24(21,22)23)8-13(19)9-16(14)20/h2-4,7-10,14,18-20H,5-6H2,1H3,(H2,21,22,23)/b17-15+. The lowest BCUT2D eigenvalue weighted by Gasteiger charge is -2.22. The van der Waals surface area contributed by atoms with Crippen molar-refractivity contribution in [3.05, 3.63) is 53.5 Å². The molecule has 5 N–H and O–H groups in total. The number of aromatic hydroxyl groups is 1. The Bertz CT molecular complexity index is 749. The maximum atomic E-state index is 11.1. The van der Waals surface area contributed by atoms with Gasteiger partial charge in [0.1, 0.15) is 17.3 Å². The fourth-order valence-electron chi connectivity index (χ4n) is 2.66. The van der Waals surface area contributed by atoms with Crippen molar-refractivity contribution in [2.45, 2.75) is 25.7 Å². The zero-order valence-electron chi connectivity index (χ0n) is 13.1. The van der Waals surface area contributed by atoms with Crippen molar-refractivity contribution in [1.29, 1.82) is 0 Å². The summed E-state index contributed by atoms with van der Waals surface area (Å²) < 4.78 is 14.4. The van der Waals surface area contributed by atoms with E-state index in [1.54, 1.807) is 18.2 Å². The zero-order valence-corrected chi connectivity index (χ0v) is 14.0. The van der Waals surface area contributed by atoms with Crippen molar-refractivity contribution in [2.75, 3.05) is 0 Å². The molecule has 0 radical (unpaired) electrons. The maximum Gasteiger partial charge on any atom is 0.448 e. The van der Waals surface area contributed by atoms with Crippen molar-refractivity contribution < 1.29 is 29.7 Å². The van der Waals surface area contributed by atoms with Crippen molar-refractivity contribution in [1.82, 2.24) is 0 Å². The summed E-state index contributed by atoms with van der Waals surface area (Å²) in [6.45, 7) is 1.95. The monoisotopic (exact) mass is 353 g/mol. The molecule has 0 spiro atoms. The predicted octanol–water partition coefficient (Wildman–Crippen LogP) is 3.32. The third-order valence-corrected chi connectivity index (χ3v) is 4.37. The topological polar surface area (TPSA) is 131 Å². The number of aliphatic hydroxyl groups excluding tert-OH is 2. The second-order valence-electron chi connectivity index (χ2n) is 5.80. The van der Waals surface area contributed by atoms with Crippen LogP contribution in [0.1, 0.15) is 31.2 Å². The normalized spacial score (nSPS) is 21.3. The summed E-state index contributed by atoms with van der Waals surface area (Å²) in [4.78, 5) is 18.1. The quantitative estimate of drug-likeness (QED) is 0.516. The molecular formula is C16H20NO6P. The minimum absolute atomic E-state index is 0.0519. The van der Waals surface area contributed by atoms with Crippen LogP contribution in [0.15, 0.2) is 52.7 Å². The molecule has 1 aromatic carbocycles. The van der Waals surface area contributed by atoms with E-state index in [0.29, 0.717) is 12.8 Å². The first-order valence-electron chi connectivity index (χ1n) is 7.41. The van der Waals surface area contributed by atoms with Gasteiger partial charge < -0.3 is 25.1 Å². The average Bonchev–Trinajstić information content (AvgIpc) is 2.44. The molecule has 7 nitrogen and oxygen atoms in total. The second-order valence-corrected chi connectivity index (χ2v) is 7.03. The first-order chi connectivity index (χ1) is 11.2. The summed E-state index contributed by atoms with van der Waals surface area (Å²) in [5, 5.41) is 29.1. The Labute approximate surface area is 139 Å². The SMILES string of the molecule is CC(CCC1C(O)=CC(O)=C/C1=N\P(=O)(O)O)c1cccc(O)c1. The molecule has 2 unspecified atom stereocenters. The molecule has 0 saturated carbocycles. The number of phenolic OH excluding ortho intramolecular Hbond substituents is 1. The van der Waals surface area contributed by atoms with Crippen LogP contribution < -0.4 is 0 Å². The van der Waals surface area contributed by atoms with Gasteiger partial charge in [-0.1, -0.05) is 19.1 Å². The molecule has 130 valence electrons. The molecular weight excluding hydrogens is 333 g/mol. The highest BCUT2D eigenvalue weighted by Gasteiger charge is 2.27. The Kier molecular flexibility index (Phi) is 5.49. The van der Waals surface area contributed by atoms with Gasteiger partial charge in [-0.15, -0.1) is 0 Å². The predicted molar refractivity (Wildman–Crippen MR) is 90.1 cm³/mol. The molecule has 8 heteroatoms. The Hall–Kier alpha value is -2.08. The van der Waals surface area contributed by atoms with Crippen LogP contribution in [0.5, 0.6) is 5.75 Å². The summed E-state index contributed by atoms with van der Waals surface area (Å²) in [5.41, 5.74) is 0.866. The highest BCUT2D eigenvalue weighted by molar-refractivity contribution is 7.50. The Morgan fingerprint density at radius 2 is 1.92 bits per heavy atom. The van der Waals surface area contributed by atoms with Gasteiger partial charge in [-0.3, -0.25) is 0 Å². The zero-order chi connectivity index (χ0) is 17.9. The van der Waals surface area contributed by atoms with Crippen molar-refractivity contribution in [3.63, 3.8) is 0 Å². The molecule has 2 atom stereocenters. The molecule has 2 rings (SSSR count). The van der Waals surface area contributed by atoms with Crippen molar-refractivity contribution >= 4 is 13.5 Å². The van der Waals surface area contributed by atoms with Crippen molar-refractivity contribution in [2.24, 2.45) is 10.7 Å². The molecule has 0 bridgehead atoms. The largest absolute Gasteiger partial charge is 0.511 e. The van der Waals surface area contributed by atoms with Gasteiger partial charge in [-0.25, -0.2) is 4.57 Å². The van der Waals surface area contributed by atoms with Crippen LogP contribution in [0.2, 0.25) is 0 Å². The molecule has 0 amide bonds. The molecule has 1 aliphatic carbocycles. The Balaban J connectivity index is 2.16. The van der Waals surface area contributed by atoms with Gasteiger partial charge in [0.15, 0.2) is 0 Å². The van der Waals surface area contributed by atoms with E-state index in [2.05, 4.69) is 4.76 Å². The third-order valence-electron chi connectivity index (χ3n) is 3.88. The van der Waals surface area contributed by atoms with E-state index >= 15 is 0 Å². The van der Waals surface area contributed by atoms with Crippen LogP contribution >= 0.6 is 7.75 Å². The summed E-state index contributed by atoms with van der Waals surface area (Å²) in [5.74, 6) is -0.979. The number of rotatable bonds is 5. The first-order valence-corrected chi connectivity index (χ1v) is 8.98. The van der Waals surface area contributed by atoms with Crippen LogP contribution in [0.25, 0.3) is 0 Å². The fourth-order valence-corrected chi connectivity index (χ4v) is 3.15. The summed E-state index contributed by atoms with van der Waals surface area (Å²) in [7, 11) is -4.68. The highest BCUT2D eigenvalue weighted by atomic mass is 31.2.